The molecule has 0 atom stereocenters. The minimum absolute atomic E-state index is 0.139. The number of benzene rings is 1. The average molecular weight is 401 g/mol. The third kappa shape index (κ3) is 3.48. The summed E-state index contributed by atoms with van der Waals surface area (Å²) in [4.78, 5) is 27.8. The van der Waals surface area contributed by atoms with Crippen LogP contribution in [0.3, 0.4) is 0 Å². The first kappa shape index (κ1) is 19.4. The maximum atomic E-state index is 13.1. The lowest BCUT2D eigenvalue weighted by Crippen LogP contribution is -2.48. The highest BCUT2D eigenvalue weighted by atomic mass is 19.1. The van der Waals surface area contributed by atoms with Crippen LogP contribution in [0.4, 0.5) is 4.39 Å². The smallest absolute Gasteiger partial charge is 0.332 e. The van der Waals surface area contributed by atoms with E-state index in [1.54, 1.807) is 12.1 Å². The minimum atomic E-state index is -0.715. The second-order valence-electron chi connectivity index (χ2n) is 7.76. The molecule has 0 spiro atoms. The van der Waals surface area contributed by atoms with E-state index in [9.17, 15) is 24.2 Å². The Morgan fingerprint density at radius 1 is 1.07 bits per heavy atom. The third-order valence-electron chi connectivity index (χ3n) is 5.92. The molecule has 0 unspecified atom stereocenters. The van der Waals surface area contributed by atoms with Gasteiger partial charge in [0.15, 0.2) is 0 Å². The molecule has 1 aromatic heterocycles. The van der Waals surface area contributed by atoms with Crippen LogP contribution in [0.25, 0.3) is 5.70 Å². The fourth-order valence-corrected chi connectivity index (χ4v) is 4.28. The van der Waals surface area contributed by atoms with Gasteiger partial charge in [0.2, 0.25) is 5.75 Å². The Morgan fingerprint density at radius 2 is 1.72 bits per heavy atom. The molecule has 1 saturated carbocycles. The van der Waals surface area contributed by atoms with E-state index >= 15 is 0 Å². The molecule has 2 aromatic rings. The summed E-state index contributed by atoms with van der Waals surface area (Å²) in [7, 11) is 0. The lowest BCUT2D eigenvalue weighted by molar-refractivity contribution is 0.108. The number of aromatic nitrogens is 2. The molecule has 1 fully saturated rings. The molecule has 0 amide bonds. The number of nitrogens with zero attached hydrogens (tertiary/aromatic N) is 3. The molecule has 1 aromatic carbocycles. The molecule has 2 heterocycles. The van der Waals surface area contributed by atoms with Crippen molar-refractivity contribution in [2.24, 2.45) is 0 Å². The zero-order valence-electron chi connectivity index (χ0n) is 16.1. The number of hydrogen-bond acceptors (Lipinski definition) is 5. The highest BCUT2D eigenvalue weighted by Crippen LogP contribution is 2.30. The van der Waals surface area contributed by atoms with Crippen molar-refractivity contribution < 1.29 is 14.6 Å². The average Bonchev–Trinajstić information content (AvgIpc) is 2.71. The van der Waals surface area contributed by atoms with E-state index < -0.39 is 23.1 Å². The zero-order chi connectivity index (χ0) is 20.7. The lowest BCUT2D eigenvalue weighted by atomic mass is 9.93. The Bertz CT molecular complexity index is 1050. The van der Waals surface area contributed by atoms with Gasteiger partial charge in [-0.15, -0.1) is 0 Å². The predicted octanol–water partition coefficient (Wildman–Crippen LogP) is 1.82. The normalized spacial score (nSPS) is 21.9. The van der Waals surface area contributed by atoms with Gasteiger partial charge in [0.1, 0.15) is 11.5 Å². The fraction of sp³-hybridized carbons (Fsp3) is 0.429. The van der Waals surface area contributed by atoms with Gasteiger partial charge in [-0.05, 0) is 43.4 Å². The second-order valence-corrected chi connectivity index (χ2v) is 7.76. The van der Waals surface area contributed by atoms with Gasteiger partial charge >= 0.3 is 5.69 Å². The molecule has 154 valence electrons. The van der Waals surface area contributed by atoms with Gasteiger partial charge in [0.05, 0.1) is 11.8 Å². The molecule has 0 saturated heterocycles. The third-order valence-corrected chi connectivity index (χ3v) is 5.92. The largest absolute Gasteiger partial charge is 0.502 e. The molecule has 8 heteroatoms. The van der Waals surface area contributed by atoms with E-state index in [1.165, 1.54) is 16.7 Å². The van der Waals surface area contributed by atoms with Crippen LogP contribution < -0.4 is 11.2 Å². The van der Waals surface area contributed by atoms with Crippen LogP contribution in [-0.2, 0) is 13.1 Å². The summed E-state index contributed by atoms with van der Waals surface area (Å²) in [6.45, 7) is 5.20. The number of aromatic hydroxyl groups is 1. The van der Waals surface area contributed by atoms with E-state index in [4.69, 9.17) is 0 Å². The van der Waals surface area contributed by atoms with Crippen molar-refractivity contribution in [2.75, 3.05) is 6.54 Å². The van der Waals surface area contributed by atoms with Gasteiger partial charge in [0.25, 0.3) is 5.56 Å². The van der Waals surface area contributed by atoms with Crippen LogP contribution in [0.5, 0.6) is 5.75 Å². The van der Waals surface area contributed by atoms with E-state index in [2.05, 4.69) is 6.58 Å². The van der Waals surface area contributed by atoms with Gasteiger partial charge in [-0.2, -0.15) is 0 Å². The maximum absolute atomic E-state index is 13.1. The summed E-state index contributed by atoms with van der Waals surface area (Å²) < 4.78 is 15.7. The van der Waals surface area contributed by atoms with E-state index in [0.29, 0.717) is 51.0 Å². The minimum Gasteiger partial charge on any atom is -0.502 e. The first-order valence-electron chi connectivity index (χ1n) is 9.82. The van der Waals surface area contributed by atoms with Crippen molar-refractivity contribution in [3.05, 3.63) is 68.8 Å². The monoisotopic (exact) mass is 401 g/mol. The van der Waals surface area contributed by atoms with Crippen molar-refractivity contribution in [3.8, 4) is 5.75 Å². The second kappa shape index (κ2) is 7.51. The number of hydrogen-bond donors (Lipinski definition) is 2. The van der Waals surface area contributed by atoms with Gasteiger partial charge in [-0.1, -0.05) is 18.7 Å². The van der Waals surface area contributed by atoms with Gasteiger partial charge < -0.3 is 15.1 Å². The predicted molar refractivity (Wildman–Crippen MR) is 106 cm³/mol. The first-order valence-corrected chi connectivity index (χ1v) is 9.82. The van der Waals surface area contributed by atoms with E-state index in [0.717, 1.165) is 10.1 Å². The van der Waals surface area contributed by atoms with Gasteiger partial charge in [0, 0.05) is 25.7 Å². The molecule has 0 radical (unpaired) electrons. The number of aliphatic hydroxyl groups is 1. The van der Waals surface area contributed by atoms with Crippen molar-refractivity contribution in [3.63, 3.8) is 0 Å². The molecule has 0 bridgehead atoms. The zero-order valence-corrected chi connectivity index (χ0v) is 16.1. The highest BCUT2D eigenvalue weighted by Gasteiger charge is 2.31. The van der Waals surface area contributed by atoms with E-state index in [-0.39, 0.29) is 17.6 Å². The summed E-state index contributed by atoms with van der Waals surface area (Å²) in [5.41, 5.74) is 0.218. The molecule has 2 aliphatic rings. The molecular weight excluding hydrogens is 377 g/mol. The van der Waals surface area contributed by atoms with Crippen molar-refractivity contribution in [1.29, 1.82) is 0 Å². The Labute approximate surface area is 166 Å². The summed E-state index contributed by atoms with van der Waals surface area (Å²) in [5.74, 6) is -0.805. The van der Waals surface area contributed by atoms with Crippen molar-refractivity contribution >= 4 is 5.70 Å². The number of fused-ring (bicyclic) bond motifs is 1. The molecule has 1 aliphatic carbocycles. The molecule has 2 N–H and O–H groups in total. The highest BCUT2D eigenvalue weighted by molar-refractivity contribution is 5.64. The van der Waals surface area contributed by atoms with Crippen LogP contribution >= 0.6 is 0 Å². The Kier molecular flexibility index (Phi) is 5.04. The molecule has 7 nitrogen and oxygen atoms in total. The fourth-order valence-electron chi connectivity index (χ4n) is 4.28. The lowest BCUT2D eigenvalue weighted by Gasteiger charge is -2.35. The Balaban J connectivity index is 1.68. The number of aliphatic hydroxyl groups excluding tert-OH is 1. The van der Waals surface area contributed by atoms with Crippen LogP contribution in [-0.4, -0.2) is 36.9 Å². The van der Waals surface area contributed by atoms with Crippen LogP contribution in [0.2, 0.25) is 0 Å². The molecule has 4 rings (SSSR count). The molecular formula is C21H24FN3O4. The first-order chi connectivity index (χ1) is 13.9. The molecule has 1 aliphatic heterocycles. The molecule has 29 heavy (non-hydrogen) atoms. The van der Waals surface area contributed by atoms with Crippen LogP contribution in [0.1, 0.15) is 43.0 Å². The SMILES string of the molecule is C=C1c2c(O)c(=O)n(C3CCC(O)CC3)c(=O)n2CCN1Cc1ccc(F)cc1. The topological polar surface area (TPSA) is 87.7 Å². The summed E-state index contributed by atoms with van der Waals surface area (Å²) in [6.07, 6.45) is 1.68. The van der Waals surface area contributed by atoms with Gasteiger partial charge in [-0.3, -0.25) is 13.9 Å². The summed E-state index contributed by atoms with van der Waals surface area (Å²) >= 11 is 0. The number of halogens is 1. The standard InChI is InChI=1S/C21H24FN3O4/c1-13-18-19(27)20(28)25(16-6-8-17(26)9-7-16)21(29)24(18)11-10-23(13)12-14-2-4-15(22)5-3-14/h2-5,16-17,26-27H,1,6-12H2. The Morgan fingerprint density at radius 3 is 2.38 bits per heavy atom. The summed E-state index contributed by atoms with van der Waals surface area (Å²) in [6, 6.07) is 5.75. The van der Waals surface area contributed by atoms with Gasteiger partial charge in [-0.25, -0.2) is 9.18 Å². The maximum Gasteiger partial charge on any atom is 0.332 e. The van der Waals surface area contributed by atoms with Crippen LogP contribution in [0, 0.1) is 5.82 Å². The number of rotatable bonds is 3. The summed E-state index contributed by atoms with van der Waals surface area (Å²) in [5, 5.41) is 20.3. The quantitative estimate of drug-likeness (QED) is 0.819. The van der Waals surface area contributed by atoms with Crippen molar-refractivity contribution in [2.45, 2.75) is 50.9 Å². The van der Waals surface area contributed by atoms with E-state index in [1.807, 2.05) is 4.90 Å². The van der Waals surface area contributed by atoms with Crippen molar-refractivity contribution in [1.82, 2.24) is 14.0 Å². The Hall–Kier alpha value is -2.87. The van der Waals surface area contributed by atoms with Crippen LogP contribution in [0.15, 0.2) is 40.4 Å².